The fourth-order valence-corrected chi connectivity index (χ4v) is 2.07. The lowest BCUT2D eigenvalue weighted by molar-refractivity contribution is -0.129. The topological polar surface area (TPSA) is 29.3 Å². The average molecular weight is 220 g/mol. The van der Waals surface area contributed by atoms with Crippen LogP contribution in [-0.2, 0) is 0 Å². The first-order valence-corrected chi connectivity index (χ1v) is 5.66. The van der Waals surface area contributed by atoms with Crippen LogP contribution < -0.4 is 5.73 Å². The molecule has 1 saturated heterocycles. The van der Waals surface area contributed by atoms with Crippen molar-refractivity contribution in [3.05, 3.63) is 0 Å². The summed E-state index contributed by atoms with van der Waals surface area (Å²) >= 11 is 0. The Morgan fingerprint density at radius 1 is 1.40 bits per heavy atom. The molecule has 2 nitrogen and oxygen atoms in total. The number of nitrogens with zero attached hydrogens (tertiary/aromatic N) is 1. The molecule has 2 N–H and O–H groups in total. The van der Waals surface area contributed by atoms with Crippen molar-refractivity contribution in [2.45, 2.75) is 45.6 Å². The van der Waals surface area contributed by atoms with E-state index in [1.165, 1.54) is 6.92 Å². The van der Waals surface area contributed by atoms with Gasteiger partial charge in [0.25, 0.3) is 5.92 Å². The van der Waals surface area contributed by atoms with E-state index in [9.17, 15) is 8.78 Å². The minimum absolute atomic E-state index is 0.0961. The van der Waals surface area contributed by atoms with Crippen molar-refractivity contribution in [3.8, 4) is 0 Å². The third kappa shape index (κ3) is 2.48. The average Bonchev–Trinajstić information content (AvgIpc) is 2.13. The van der Waals surface area contributed by atoms with Gasteiger partial charge in [-0.2, -0.15) is 0 Å². The van der Waals surface area contributed by atoms with E-state index in [4.69, 9.17) is 5.73 Å². The summed E-state index contributed by atoms with van der Waals surface area (Å²) in [6.45, 7) is 6.75. The lowest BCUT2D eigenvalue weighted by atomic mass is 9.82. The van der Waals surface area contributed by atoms with Gasteiger partial charge in [0.05, 0.1) is 0 Å². The standard InChI is InChI=1S/C11H22F2N2/c1-4-11(12,13)10(2,3)8-15-6-5-9(15)7-14/h9H,4-8,14H2,1-3H3. The van der Waals surface area contributed by atoms with Gasteiger partial charge < -0.3 is 5.73 Å². The van der Waals surface area contributed by atoms with Crippen LogP contribution in [0.25, 0.3) is 0 Å². The molecule has 0 amide bonds. The van der Waals surface area contributed by atoms with Crippen LogP contribution in [0.15, 0.2) is 0 Å². The second-order valence-electron chi connectivity index (χ2n) is 5.09. The molecular formula is C11H22F2N2. The molecule has 1 fully saturated rings. The lowest BCUT2D eigenvalue weighted by Gasteiger charge is -2.46. The van der Waals surface area contributed by atoms with Crippen LogP contribution in [0, 0.1) is 5.41 Å². The highest BCUT2D eigenvalue weighted by molar-refractivity contribution is 4.92. The van der Waals surface area contributed by atoms with E-state index in [0.29, 0.717) is 19.1 Å². The molecule has 1 rings (SSSR count). The Balaban J connectivity index is 2.56. The largest absolute Gasteiger partial charge is 0.329 e. The van der Waals surface area contributed by atoms with Crippen LogP contribution in [0.1, 0.15) is 33.6 Å². The number of nitrogens with two attached hydrogens (primary N) is 1. The molecule has 0 aromatic carbocycles. The Morgan fingerprint density at radius 3 is 2.33 bits per heavy atom. The fraction of sp³-hybridized carbons (Fsp3) is 1.00. The Labute approximate surface area is 90.8 Å². The first-order valence-electron chi connectivity index (χ1n) is 5.66. The van der Waals surface area contributed by atoms with Gasteiger partial charge in [-0.3, -0.25) is 4.90 Å². The lowest BCUT2D eigenvalue weighted by Crippen LogP contribution is -2.57. The van der Waals surface area contributed by atoms with Gasteiger partial charge in [-0.25, -0.2) is 8.78 Å². The van der Waals surface area contributed by atoms with Crippen molar-refractivity contribution >= 4 is 0 Å². The highest BCUT2D eigenvalue weighted by Gasteiger charge is 2.47. The number of hydrogen-bond donors (Lipinski definition) is 1. The molecule has 0 aliphatic carbocycles. The van der Waals surface area contributed by atoms with Crippen LogP contribution in [0.3, 0.4) is 0 Å². The van der Waals surface area contributed by atoms with E-state index in [2.05, 4.69) is 4.90 Å². The molecule has 1 aliphatic rings. The predicted octanol–water partition coefficient (Wildman–Crippen LogP) is 2.09. The van der Waals surface area contributed by atoms with Crippen molar-refractivity contribution in [3.63, 3.8) is 0 Å². The smallest absolute Gasteiger partial charge is 0.254 e. The molecule has 1 aliphatic heterocycles. The molecule has 4 heteroatoms. The Kier molecular flexibility index (Phi) is 3.71. The maximum absolute atomic E-state index is 13.6. The molecule has 90 valence electrons. The first kappa shape index (κ1) is 12.8. The van der Waals surface area contributed by atoms with Gasteiger partial charge in [0.15, 0.2) is 0 Å². The van der Waals surface area contributed by atoms with E-state index in [-0.39, 0.29) is 6.42 Å². The number of halogens is 2. The van der Waals surface area contributed by atoms with Crippen molar-refractivity contribution in [2.24, 2.45) is 11.1 Å². The maximum atomic E-state index is 13.6. The third-order valence-corrected chi connectivity index (χ3v) is 3.57. The SMILES string of the molecule is CCC(F)(F)C(C)(C)CN1CCC1CN. The van der Waals surface area contributed by atoms with Gasteiger partial charge in [-0.1, -0.05) is 20.8 Å². The van der Waals surface area contributed by atoms with Gasteiger partial charge in [0.2, 0.25) is 0 Å². The molecule has 0 radical (unpaired) electrons. The zero-order chi connectivity index (χ0) is 11.7. The van der Waals surface area contributed by atoms with Crippen LogP contribution in [0.4, 0.5) is 8.78 Å². The van der Waals surface area contributed by atoms with E-state index < -0.39 is 11.3 Å². The number of rotatable bonds is 5. The predicted molar refractivity (Wildman–Crippen MR) is 58.1 cm³/mol. The summed E-state index contributed by atoms with van der Waals surface area (Å²) in [6.07, 6.45) is 0.950. The van der Waals surface area contributed by atoms with Gasteiger partial charge in [0, 0.05) is 37.5 Å². The molecule has 0 aromatic rings. The van der Waals surface area contributed by atoms with Crippen LogP contribution in [0.5, 0.6) is 0 Å². The van der Waals surface area contributed by atoms with Crippen LogP contribution in [0.2, 0.25) is 0 Å². The summed E-state index contributed by atoms with van der Waals surface area (Å²) in [6, 6.07) is 0.317. The summed E-state index contributed by atoms with van der Waals surface area (Å²) in [5.74, 6) is -2.60. The molecule has 0 bridgehead atoms. The highest BCUT2D eigenvalue weighted by Crippen LogP contribution is 2.40. The summed E-state index contributed by atoms with van der Waals surface area (Å²) < 4.78 is 27.2. The van der Waals surface area contributed by atoms with Crippen LogP contribution in [-0.4, -0.2) is 36.5 Å². The number of likely N-dealkylation sites (tertiary alicyclic amines) is 1. The highest BCUT2D eigenvalue weighted by atomic mass is 19.3. The zero-order valence-electron chi connectivity index (χ0n) is 9.89. The van der Waals surface area contributed by atoms with E-state index in [0.717, 1.165) is 13.0 Å². The first-order chi connectivity index (χ1) is 6.84. The van der Waals surface area contributed by atoms with E-state index >= 15 is 0 Å². The summed E-state index contributed by atoms with van der Waals surface area (Å²) in [5, 5.41) is 0. The van der Waals surface area contributed by atoms with Crippen LogP contribution >= 0.6 is 0 Å². The quantitative estimate of drug-likeness (QED) is 0.768. The molecule has 15 heavy (non-hydrogen) atoms. The number of alkyl halides is 2. The molecule has 1 atom stereocenters. The van der Waals surface area contributed by atoms with E-state index in [1.54, 1.807) is 13.8 Å². The molecule has 0 aromatic heterocycles. The minimum Gasteiger partial charge on any atom is -0.329 e. The third-order valence-electron chi connectivity index (χ3n) is 3.57. The Bertz CT molecular complexity index is 215. The normalized spacial score (nSPS) is 24.0. The van der Waals surface area contributed by atoms with Gasteiger partial charge in [-0.15, -0.1) is 0 Å². The monoisotopic (exact) mass is 220 g/mol. The van der Waals surface area contributed by atoms with Gasteiger partial charge in [0.1, 0.15) is 0 Å². The summed E-state index contributed by atoms with van der Waals surface area (Å²) in [5.41, 5.74) is 4.59. The van der Waals surface area contributed by atoms with Crippen molar-refractivity contribution in [2.75, 3.05) is 19.6 Å². The Morgan fingerprint density at radius 2 is 2.00 bits per heavy atom. The second kappa shape index (κ2) is 4.34. The number of hydrogen-bond acceptors (Lipinski definition) is 2. The van der Waals surface area contributed by atoms with Crippen molar-refractivity contribution in [1.29, 1.82) is 0 Å². The van der Waals surface area contributed by atoms with Gasteiger partial charge >= 0.3 is 0 Å². The molecule has 1 heterocycles. The Hall–Kier alpha value is -0.220. The maximum Gasteiger partial charge on any atom is 0.254 e. The molecular weight excluding hydrogens is 198 g/mol. The molecule has 0 saturated carbocycles. The fourth-order valence-electron chi connectivity index (χ4n) is 2.07. The molecule has 0 spiro atoms. The summed E-state index contributed by atoms with van der Waals surface area (Å²) in [7, 11) is 0. The molecule has 1 unspecified atom stereocenters. The minimum atomic E-state index is -2.60. The second-order valence-corrected chi connectivity index (χ2v) is 5.09. The van der Waals surface area contributed by atoms with Gasteiger partial charge in [-0.05, 0) is 6.42 Å². The zero-order valence-corrected chi connectivity index (χ0v) is 9.89. The van der Waals surface area contributed by atoms with E-state index in [1.807, 2.05) is 0 Å². The summed E-state index contributed by atoms with van der Waals surface area (Å²) in [4.78, 5) is 2.07. The van der Waals surface area contributed by atoms with Crippen molar-refractivity contribution < 1.29 is 8.78 Å². The van der Waals surface area contributed by atoms with Crippen molar-refractivity contribution in [1.82, 2.24) is 4.90 Å².